The van der Waals surface area contributed by atoms with E-state index in [1.54, 1.807) is 0 Å². The van der Waals surface area contributed by atoms with Crippen LogP contribution in [0.3, 0.4) is 0 Å². The van der Waals surface area contributed by atoms with Gasteiger partial charge in [0, 0.05) is 29.6 Å². The first-order chi connectivity index (χ1) is 10.1. The molecule has 2 unspecified atom stereocenters. The van der Waals surface area contributed by atoms with E-state index in [1.807, 2.05) is 0 Å². The van der Waals surface area contributed by atoms with E-state index in [4.69, 9.17) is 5.73 Å². The molecule has 0 amide bonds. The van der Waals surface area contributed by atoms with Crippen molar-refractivity contribution in [2.45, 2.75) is 38.8 Å². The summed E-state index contributed by atoms with van der Waals surface area (Å²) in [7, 11) is 2.21. The van der Waals surface area contributed by atoms with Gasteiger partial charge in [0.05, 0.1) is 0 Å². The molecule has 1 heterocycles. The Kier molecular flexibility index (Phi) is 6.23. The number of likely N-dealkylation sites (tertiary alicyclic amines) is 1. The number of likely N-dealkylation sites (N-methyl/N-ethyl adjacent to an activating group) is 2. The molecule has 0 bridgehead atoms. The number of benzene rings is 1. The lowest BCUT2D eigenvalue weighted by Gasteiger charge is -2.33. The molecule has 0 aliphatic carbocycles. The van der Waals surface area contributed by atoms with Gasteiger partial charge in [-0.25, -0.2) is 0 Å². The van der Waals surface area contributed by atoms with Gasteiger partial charge in [-0.15, -0.1) is 0 Å². The van der Waals surface area contributed by atoms with Crippen molar-refractivity contribution in [2.75, 3.05) is 33.2 Å². The van der Waals surface area contributed by atoms with Crippen molar-refractivity contribution < 1.29 is 0 Å². The lowest BCUT2D eigenvalue weighted by molar-refractivity contribution is 0.166. The number of hydrogen-bond donors (Lipinski definition) is 1. The lowest BCUT2D eigenvalue weighted by atomic mass is 10.0. The van der Waals surface area contributed by atoms with Gasteiger partial charge in [0.2, 0.25) is 0 Å². The molecule has 0 aromatic heterocycles. The Bertz CT molecular complexity index is 463. The van der Waals surface area contributed by atoms with Gasteiger partial charge >= 0.3 is 0 Å². The molecule has 1 aromatic carbocycles. The Morgan fingerprint density at radius 2 is 2.24 bits per heavy atom. The maximum Gasteiger partial charge on any atom is 0.0468 e. The molecule has 118 valence electrons. The normalized spacial score (nSPS) is 21.1. The maximum atomic E-state index is 6.06. The molecule has 1 saturated heterocycles. The Morgan fingerprint density at radius 3 is 2.86 bits per heavy atom. The second kappa shape index (κ2) is 7.73. The van der Waals surface area contributed by atoms with Gasteiger partial charge in [-0.1, -0.05) is 35.0 Å². The zero-order chi connectivity index (χ0) is 15.4. The fraction of sp³-hybridized carbons (Fsp3) is 0.647. The molecule has 1 aliphatic heterocycles. The van der Waals surface area contributed by atoms with Crippen molar-refractivity contribution in [3.63, 3.8) is 0 Å². The van der Waals surface area contributed by atoms with Crippen molar-refractivity contribution in [3.05, 3.63) is 33.8 Å². The van der Waals surface area contributed by atoms with Gasteiger partial charge in [-0.3, -0.25) is 9.80 Å². The molecule has 1 fully saturated rings. The highest BCUT2D eigenvalue weighted by Crippen LogP contribution is 2.26. The molecule has 2 atom stereocenters. The van der Waals surface area contributed by atoms with Crippen LogP contribution < -0.4 is 5.73 Å². The summed E-state index contributed by atoms with van der Waals surface area (Å²) in [5.41, 5.74) is 8.64. The Balaban J connectivity index is 2.07. The zero-order valence-electron chi connectivity index (χ0n) is 13.5. The highest BCUT2D eigenvalue weighted by atomic mass is 79.9. The van der Waals surface area contributed by atoms with Crippen LogP contribution in [-0.2, 0) is 0 Å². The van der Waals surface area contributed by atoms with Gasteiger partial charge in [-0.2, -0.15) is 0 Å². The highest BCUT2D eigenvalue weighted by Gasteiger charge is 2.26. The van der Waals surface area contributed by atoms with E-state index in [1.165, 1.54) is 35.0 Å². The summed E-state index contributed by atoms with van der Waals surface area (Å²) < 4.78 is 1.17. The fourth-order valence-corrected chi connectivity index (χ4v) is 3.76. The molecule has 3 nitrogen and oxygen atoms in total. The van der Waals surface area contributed by atoms with Crippen molar-refractivity contribution in [2.24, 2.45) is 5.73 Å². The smallest absolute Gasteiger partial charge is 0.0468 e. The second-order valence-electron chi connectivity index (χ2n) is 6.12. The minimum Gasteiger partial charge on any atom is -0.329 e. The van der Waals surface area contributed by atoms with Gasteiger partial charge < -0.3 is 5.73 Å². The Morgan fingerprint density at radius 1 is 1.48 bits per heavy atom. The molecule has 0 saturated carbocycles. The molecule has 1 aliphatic rings. The minimum absolute atomic E-state index is 0.293. The number of nitrogens with zero attached hydrogens (tertiary/aromatic N) is 2. The van der Waals surface area contributed by atoms with Crippen LogP contribution in [0.1, 0.15) is 36.9 Å². The summed E-state index contributed by atoms with van der Waals surface area (Å²) in [6.07, 6.45) is 2.64. The monoisotopic (exact) mass is 353 g/mol. The summed E-state index contributed by atoms with van der Waals surface area (Å²) in [5.74, 6) is 0. The van der Waals surface area contributed by atoms with E-state index in [2.05, 4.69) is 64.8 Å². The van der Waals surface area contributed by atoms with Crippen LogP contribution in [0, 0.1) is 6.92 Å². The topological polar surface area (TPSA) is 32.5 Å². The number of aryl methyl sites for hydroxylation is 1. The van der Waals surface area contributed by atoms with Gasteiger partial charge in [0.15, 0.2) is 0 Å². The first-order valence-electron chi connectivity index (χ1n) is 7.97. The lowest BCUT2D eigenvalue weighted by Crippen LogP contribution is -2.41. The molecule has 1 aromatic rings. The Labute approximate surface area is 137 Å². The van der Waals surface area contributed by atoms with Gasteiger partial charge in [0.1, 0.15) is 0 Å². The van der Waals surface area contributed by atoms with E-state index in [0.717, 1.165) is 13.1 Å². The van der Waals surface area contributed by atoms with Crippen molar-refractivity contribution >= 4 is 15.9 Å². The van der Waals surface area contributed by atoms with E-state index >= 15 is 0 Å². The standard InChI is InChI=1S/C17H28BrN3/c1-4-21-9-5-6-15(21)12-20(3)17(11-19)14-8-7-13(2)16(18)10-14/h7-8,10,15,17H,4-6,9,11-12,19H2,1-3H3. The second-order valence-corrected chi connectivity index (χ2v) is 6.98. The average Bonchev–Trinajstić information content (AvgIpc) is 2.90. The van der Waals surface area contributed by atoms with Crippen LogP contribution in [-0.4, -0.2) is 49.1 Å². The van der Waals surface area contributed by atoms with Crippen LogP contribution in [0.25, 0.3) is 0 Å². The summed E-state index contributed by atoms with van der Waals surface area (Å²) in [4.78, 5) is 5.02. The molecule has 2 N–H and O–H groups in total. The molecule has 2 rings (SSSR count). The number of hydrogen-bond acceptors (Lipinski definition) is 3. The highest BCUT2D eigenvalue weighted by molar-refractivity contribution is 9.10. The van der Waals surface area contributed by atoms with Crippen LogP contribution in [0.15, 0.2) is 22.7 Å². The quantitative estimate of drug-likeness (QED) is 0.852. The first-order valence-corrected chi connectivity index (χ1v) is 8.76. The third-order valence-electron chi connectivity index (χ3n) is 4.74. The predicted octanol–water partition coefficient (Wildman–Crippen LogP) is 3.17. The summed E-state index contributed by atoms with van der Waals surface area (Å²) in [5, 5.41) is 0. The third-order valence-corrected chi connectivity index (χ3v) is 5.59. The van der Waals surface area contributed by atoms with Crippen LogP contribution in [0.5, 0.6) is 0 Å². The summed E-state index contributed by atoms with van der Waals surface area (Å²) in [6, 6.07) is 7.57. The minimum atomic E-state index is 0.293. The number of rotatable bonds is 6. The van der Waals surface area contributed by atoms with Crippen LogP contribution in [0.4, 0.5) is 0 Å². The average molecular weight is 354 g/mol. The molecule has 4 heteroatoms. The molecule has 0 spiro atoms. The van der Waals surface area contributed by atoms with Crippen molar-refractivity contribution in [1.29, 1.82) is 0 Å². The van der Waals surface area contributed by atoms with Crippen LogP contribution in [0.2, 0.25) is 0 Å². The fourth-order valence-electron chi connectivity index (χ4n) is 3.36. The number of nitrogens with two attached hydrogens (primary N) is 1. The summed E-state index contributed by atoms with van der Waals surface area (Å²) >= 11 is 3.63. The molecule has 0 radical (unpaired) electrons. The zero-order valence-corrected chi connectivity index (χ0v) is 15.1. The van der Waals surface area contributed by atoms with E-state index in [-0.39, 0.29) is 0 Å². The number of halogens is 1. The van der Waals surface area contributed by atoms with Crippen LogP contribution >= 0.6 is 15.9 Å². The van der Waals surface area contributed by atoms with E-state index < -0.39 is 0 Å². The molecule has 21 heavy (non-hydrogen) atoms. The SMILES string of the molecule is CCN1CCCC1CN(C)C(CN)c1ccc(C)c(Br)c1. The largest absolute Gasteiger partial charge is 0.329 e. The van der Waals surface area contributed by atoms with Gasteiger partial charge in [-0.05, 0) is 57.1 Å². The van der Waals surface area contributed by atoms with E-state index in [9.17, 15) is 0 Å². The van der Waals surface area contributed by atoms with Crippen molar-refractivity contribution in [3.8, 4) is 0 Å². The molecular weight excluding hydrogens is 326 g/mol. The summed E-state index contributed by atoms with van der Waals surface area (Å²) in [6.45, 7) is 8.54. The maximum absolute atomic E-state index is 6.06. The first kappa shape index (κ1) is 16.9. The third kappa shape index (κ3) is 4.07. The van der Waals surface area contributed by atoms with Crippen molar-refractivity contribution in [1.82, 2.24) is 9.80 Å². The van der Waals surface area contributed by atoms with Gasteiger partial charge in [0.25, 0.3) is 0 Å². The Hall–Kier alpha value is -0.420. The molecular formula is C17H28BrN3. The predicted molar refractivity (Wildman–Crippen MR) is 93.6 cm³/mol. The van der Waals surface area contributed by atoms with E-state index in [0.29, 0.717) is 18.6 Å².